The molecule has 0 fully saturated rings. The summed E-state index contributed by atoms with van der Waals surface area (Å²) in [5, 5.41) is 5.28. The second-order valence-electron chi connectivity index (χ2n) is 5.79. The third-order valence-corrected chi connectivity index (χ3v) is 4.79. The number of aromatic nitrogens is 3. The molecule has 25 heavy (non-hydrogen) atoms. The molecule has 1 aliphatic rings. The number of nitrogens with two attached hydrogens (primary N) is 1. The summed E-state index contributed by atoms with van der Waals surface area (Å²) in [4.78, 5) is 28.6. The first-order valence-electron chi connectivity index (χ1n) is 7.88. The number of carbonyl (C=O) groups excluding carboxylic acids is 1. The van der Waals surface area contributed by atoms with Gasteiger partial charge in [0, 0.05) is 5.92 Å². The van der Waals surface area contributed by atoms with Crippen LogP contribution in [0.1, 0.15) is 37.3 Å². The quantitative estimate of drug-likeness (QED) is 0.900. The van der Waals surface area contributed by atoms with Crippen LogP contribution in [0.2, 0.25) is 0 Å². The second kappa shape index (κ2) is 6.64. The number of hydrogen-bond donors (Lipinski definition) is 1. The number of ketones is 1. The molecule has 2 N–H and O–H groups in total. The van der Waals surface area contributed by atoms with E-state index >= 15 is 0 Å². The number of rotatable bonds is 4. The SMILES string of the molecule is CCOC1=C/C(=C/c2c(N)n3nc(C(C)C)sc3nc2=O)C=CC1=O. The maximum Gasteiger partial charge on any atom is 0.283 e. The van der Waals surface area contributed by atoms with Gasteiger partial charge in [-0.3, -0.25) is 9.59 Å². The lowest BCUT2D eigenvalue weighted by atomic mass is 10.0. The Kier molecular flexibility index (Phi) is 4.54. The van der Waals surface area contributed by atoms with Crippen LogP contribution in [-0.2, 0) is 9.53 Å². The van der Waals surface area contributed by atoms with Gasteiger partial charge in [-0.15, -0.1) is 0 Å². The third kappa shape index (κ3) is 3.25. The van der Waals surface area contributed by atoms with Gasteiger partial charge in [-0.05, 0) is 30.7 Å². The molecule has 130 valence electrons. The number of ether oxygens (including phenoxy) is 1. The fraction of sp³-hybridized carbons (Fsp3) is 0.294. The minimum Gasteiger partial charge on any atom is -0.490 e. The van der Waals surface area contributed by atoms with Crippen LogP contribution in [0.15, 0.2) is 34.4 Å². The molecule has 2 heterocycles. The minimum atomic E-state index is -0.430. The molecule has 0 unspecified atom stereocenters. The summed E-state index contributed by atoms with van der Waals surface area (Å²) in [5.74, 6) is 0.465. The molecule has 0 radical (unpaired) electrons. The molecule has 0 saturated heterocycles. The first-order chi connectivity index (χ1) is 11.9. The molecule has 7 nitrogen and oxygen atoms in total. The Morgan fingerprint density at radius 3 is 2.80 bits per heavy atom. The highest BCUT2D eigenvalue weighted by Crippen LogP contribution is 2.24. The van der Waals surface area contributed by atoms with E-state index in [1.807, 2.05) is 13.8 Å². The number of allylic oxidation sites excluding steroid dienone is 4. The van der Waals surface area contributed by atoms with E-state index in [1.165, 1.54) is 21.9 Å². The predicted molar refractivity (Wildman–Crippen MR) is 97.5 cm³/mol. The Bertz CT molecular complexity index is 995. The smallest absolute Gasteiger partial charge is 0.283 e. The number of anilines is 1. The van der Waals surface area contributed by atoms with Crippen molar-refractivity contribution in [3.05, 3.63) is 50.5 Å². The van der Waals surface area contributed by atoms with Crippen molar-refractivity contribution in [2.45, 2.75) is 26.7 Å². The van der Waals surface area contributed by atoms with Crippen molar-refractivity contribution in [1.29, 1.82) is 0 Å². The van der Waals surface area contributed by atoms with Gasteiger partial charge in [-0.1, -0.05) is 31.3 Å². The Balaban J connectivity index is 2.11. The van der Waals surface area contributed by atoms with E-state index in [2.05, 4.69) is 10.1 Å². The van der Waals surface area contributed by atoms with E-state index in [-0.39, 0.29) is 28.8 Å². The molecule has 0 bridgehead atoms. The van der Waals surface area contributed by atoms with E-state index in [0.29, 0.717) is 17.1 Å². The lowest BCUT2D eigenvalue weighted by Gasteiger charge is -2.10. The Morgan fingerprint density at radius 1 is 1.36 bits per heavy atom. The number of carbonyl (C=O) groups is 1. The third-order valence-electron chi connectivity index (χ3n) is 3.58. The largest absolute Gasteiger partial charge is 0.490 e. The minimum absolute atomic E-state index is 0.210. The van der Waals surface area contributed by atoms with E-state index in [0.717, 1.165) is 5.01 Å². The fourth-order valence-corrected chi connectivity index (χ4v) is 3.21. The summed E-state index contributed by atoms with van der Waals surface area (Å²) < 4.78 is 6.79. The zero-order valence-electron chi connectivity index (χ0n) is 14.1. The number of nitrogen functional groups attached to an aromatic ring is 1. The molecule has 2 aromatic heterocycles. The predicted octanol–water partition coefficient (Wildman–Crippen LogP) is 2.30. The van der Waals surface area contributed by atoms with E-state index < -0.39 is 5.56 Å². The second-order valence-corrected chi connectivity index (χ2v) is 6.78. The van der Waals surface area contributed by atoms with Crippen molar-refractivity contribution >= 4 is 34.0 Å². The zero-order valence-corrected chi connectivity index (χ0v) is 15.0. The summed E-state index contributed by atoms with van der Waals surface area (Å²) in [6.07, 6.45) is 6.18. The van der Waals surface area contributed by atoms with Crippen molar-refractivity contribution in [2.75, 3.05) is 12.3 Å². The van der Waals surface area contributed by atoms with Crippen LogP contribution in [0.5, 0.6) is 0 Å². The van der Waals surface area contributed by atoms with Gasteiger partial charge in [0.15, 0.2) is 5.76 Å². The van der Waals surface area contributed by atoms with Crippen LogP contribution < -0.4 is 11.3 Å². The van der Waals surface area contributed by atoms with Crippen molar-refractivity contribution in [2.24, 2.45) is 0 Å². The summed E-state index contributed by atoms with van der Waals surface area (Å²) in [5.41, 5.74) is 6.59. The first kappa shape index (κ1) is 17.1. The van der Waals surface area contributed by atoms with Gasteiger partial charge >= 0.3 is 0 Å². The van der Waals surface area contributed by atoms with Crippen LogP contribution in [0.3, 0.4) is 0 Å². The molecule has 0 saturated carbocycles. The van der Waals surface area contributed by atoms with Gasteiger partial charge in [0.05, 0.1) is 12.2 Å². The molecule has 1 aliphatic carbocycles. The van der Waals surface area contributed by atoms with E-state index in [9.17, 15) is 9.59 Å². The lowest BCUT2D eigenvalue weighted by molar-refractivity contribution is -0.114. The summed E-state index contributed by atoms with van der Waals surface area (Å²) in [6, 6.07) is 0. The molecular weight excluding hydrogens is 340 g/mol. The maximum atomic E-state index is 12.4. The lowest BCUT2D eigenvalue weighted by Crippen LogP contribution is -2.17. The average Bonchev–Trinajstić information content (AvgIpc) is 2.99. The highest BCUT2D eigenvalue weighted by Gasteiger charge is 2.17. The van der Waals surface area contributed by atoms with Gasteiger partial charge in [0.1, 0.15) is 10.8 Å². The maximum absolute atomic E-state index is 12.4. The number of fused-ring (bicyclic) bond motifs is 1. The van der Waals surface area contributed by atoms with Crippen molar-refractivity contribution in [3.63, 3.8) is 0 Å². The van der Waals surface area contributed by atoms with Gasteiger partial charge in [0.25, 0.3) is 5.56 Å². The van der Waals surface area contributed by atoms with Crippen LogP contribution in [-0.4, -0.2) is 27.0 Å². The normalized spacial score (nSPS) is 16.1. The standard InChI is InChI=1S/C17H18N4O3S/c1-4-24-13-8-10(5-6-12(13)22)7-11-14(18)21-17(19-15(11)23)25-16(20-21)9(2)3/h5-9H,4,18H2,1-3H3/b10-7+. The molecule has 0 aliphatic heterocycles. The van der Waals surface area contributed by atoms with Crippen LogP contribution in [0, 0.1) is 0 Å². The van der Waals surface area contributed by atoms with Gasteiger partial charge in [0.2, 0.25) is 10.7 Å². The Morgan fingerprint density at radius 2 is 2.12 bits per heavy atom. The molecule has 0 amide bonds. The Labute approximate surface area is 148 Å². The number of nitrogens with zero attached hydrogens (tertiary/aromatic N) is 3. The summed E-state index contributed by atoms with van der Waals surface area (Å²) in [7, 11) is 0. The highest BCUT2D eigenvalue weighted by molar-refractivity contribution is 7.16. The monoisotopic (exact) mass is 358 g/mol. The van der Waals surface area contributed by atoms with Crippen molar-refractivity contribution in [3.8, 4) is 0 Å². The summed E-state index contributed by atoms with van der Waals surface area (Å²) >= 11 is 1.35. The summed E-state index contributed by atoms with van der Waals surface area (Å²) in [6.45, 7) is 6.21. The Hall–Kier alpha value is -2.74. The molecule has 0 aromatic carbocycles. The number of hydrogen-bond acceptors (Lipinski definition) is 7. The van der Waals surface area contributed by atoms with Gasteiger partial charge in [-0.25, -0.2) is 0 Å². The van der Waals surface area contributed by atoms with E-state index in [4.69, 9.17) is 10.5 Å². The van der Waals surface area contributed by atoms with Crippen LogP contribution in [0.25, 0.3) is 11.0 Å². The van der Waals surface area contributed by atoms with Crippen LogP contribution >= 0.6 is 11.3 Å². The topological polar surface area (TPSA) is 99.6 Å². The molecule has 3 rings (SSSR count). The molecule has 8 heteroatoms. The highest BCUT2D eigenvalue weighted by atomic mass is 32.1. The molecule has 0 atom stereocenters. The molecule has 0 spiro atoms. The van der Waals surface area contributed by atoms with Gasteiger partial charge < -0.3 is 10.5 Å². The first-order valence-corrected chi connectivity index (χ1v) is 8.70. The van der Waals surface area contributed by atoms with Gasteiger partial charge in [-0.2, -0.15) is 14.6 Å². The van der Waals surface area contributed by atoms with Crippen LogP contribution in [0.4, 0.5) is 5.82 Å². The molecular formula is C17H18N4O3S. The van der Waals surface area contributed by atoms with E-state index in [1.54, 1.807) is 25.2 Å². The van der Waals surface area contributed by atoms with Crippen molar-refractivity contribution < 1.29 is 9.53 Å². The zero-order chi connectivity index (χ0) is 18.1. The average molecular weight is 358 g/mol. The molecule has 2 aromatic rings. The van der Waals surface area contributed by atoms with Crippen molar-refractivity contribution in [1.82, 2.24) is 14.6 Å². The fourth-order valence-electron chi connectivity index (χ4n) is 2.31.